The molecule has 0 saturated carbocycles. The molecule has 0 bridgehead atoms. The second-order valence-corrected chi connectivity index (χ2v) is 31.5. The van der Waals surface area contributed by atoms with Crippen molar-refractivity contribution in [2.45, 2.75) is 69.6 Å². The van der Waals surface area contributed by atoms with Gasteiger partial charge in [0.1, 0.15) is 0 Å². The normalized spacial score (nSPS) is 13.6. The standard InChI is InChI=1S/C26H25NO3S.C21H21BrN2.C19H21N3O.C18H17NO2S.CH4/c1-26(2)14-20-23-19-7-5-4-6-16(19)10-13-21(23)27-25(24(20)22(28)15-26)17-8-11-18(12-9-17)31(3,29)30;1-24(2)21-13-8-16(14-20(21)22)15-23-19-11-9-18(10-12-19)17-6-4-3-5-7-17;1-22(2)19-10-7-14(11-18(19)21-23)13-20-17-9-8-15-5-3-4-6-16(15)12-17;1-22(20,21)18-10-6-14(7-11-18)13-19-17-9-8-15-4-2-3-5-16(15)12-17;/h4-13,25,27H,14-15H2,1-3H3;3-14,23H,15H2,1-2H3;3-12,20H,13,21H2,1-2H3;2-12,19H,13H2,1H3;1H4. The van der Waals surface area contributed by atoms with E-state index in [0.29, 0.717) is 30.1 Å². The summed E-state index contributed by atoms with van der Waals surface area (Å²) >= 11 is 3.64. The van der Waals surface area contributed by atoms with Crippen LogP contribution in [-0.4, -0.2) is 63.3 Å². The lowest BCUT2D eigenvalue weighted by Gasteiger charge is -2.40. The summed E-state index contributed by atoms with van der Waals surface area (Å²) in [6.07, 6.45) is 3.76. The molecule has 0 fully saturated rings. The Hall–Kier alpha value is -10.1. The molecule has 101 heavy (non-hydrogen) atoms. The van der Waals surface area contributed by atoms with Crippen molar-refractivity contribution in [2.24, 2.45) is 5.41 Å². The summed E-state index contributed by atoms with van der Waals surface area (Å²) in [6.45, 7) is 6.45. The van der Waals surface area contributed by atoms with Gasteiger partial charge in [-0.3, -0.25) is 4.79 Å². The number of allylic oxidation sites excluding steroid dienone is 1. The molecule has 12 aromatic rings. The maximum Gasteiger partial charge on any atom is 0.175 e. The van der Waals surface area contributed by atoms with Crippen molar-refractivity contribution in [3.63, 3.8) is 0 Å². The van der Waals surface area contributed by atoms with Gasteiger partial charge in [-0.05, 0) is 184 Å². The largest absolute Gasteiger partial charge is 0.630 e. The SMILES string of the molecule is C.CC1(C)CC(=O)C2=C(C1)c1c(ccc3ccccc13)NC2c1ccc(S(C)(=O)=O)cc1.CN(C)c1ccc(CNc2ccc(-c3ccccc3)cc2)cc1Br.CN(C)c1ccc(CNc2ccc3ccccc3c2)cc1[NH2+][O-].CS(=O)(=O)c1ccc(CNc2ccc3ccccc3c2)cc1. The Labute approximate surface area is 603 Å². The highest BCUT2D eigenvalue weighted by atomic mass is 79.9. The third-order valence-electron chi connectivity index (χ3n) is 17.9. The summed E-state index contributed by atoms with van der Waals surface area (Å²) in [6, 6.07) is 86.6. The molecule has 0 spiro atoms. The lowest BCUT2D eigenvalue weighted by atomic mass is 9.68. The van der Waals surface area contributed by atoms with Gasteiger partial charge in [-0.1, -0.05) is 191 Å². The first-order valence-corrected chi connectivity index (χ1v) is 37.7. The molecule has 0 amide bonds. The second-order valence-electron chi connectivity index (χ2n) is 26.6. The number of carbonyl (C=O) groups excluding carboxylic acids is 1. The zero-order chi connectivity index (χ0) is 70.7. The van der Waals surface area contributed by atoms with Gasteiger partial charge >= 0.3 is 0 Å². The summed E-state index contributed by atoms with van der Waals surface area (Å²) in [7, 11) is 1.57. The molecule has 16 heteroatoms. The molecule has 2 aliphatic rings. The van der Waals surface area contributed by atoms with Gasteiger partial charge in [0.15, 0.2) is 31.1 Å². The Bertz CT molecular complexity index is 5170. The molecule has 13 nitrogen and oxygen atoms in total. The van der Waals surface area contributed by atoms with E-state index in [4.69, 9.17) is 0 Å². The molecule has 6 N–H and O–H groups in total. The van der Waals surface area contributed by atoms with Crippen LogP contribution in [0.4, 0.5) is 39.8 Å². The van der Waals surface area contributed by atoms with E-state index in [0.717, 1.165) is 95.5 Å². The van der Waals surface area contributed by atoms with Crippen LogP contribution in [0.3, 0.4) is 0 Å². The molecule has 1 unspecified atom stereocenters. The first-order chi connectivity index (χ1) is 48.0. The number of sulfone groups is 2. The summed E-state index contributed by atoms with van der Waals surface area (Å²) in [5, 5.41) is 32.3. The number of hydrogen-bond donors (Lipinski definition) is 5. The predicted octanol–water partition coefficient (Wildman–Crippen LogP) is 19.0. The zero-order valence-corrected chi connectivity index (χ0v) is 60.8. The summed E-state index contributed by atoms with van der Waals surface area (Å²) in [5.74, 6) is 0.162. The van der Waals surface area contributed by atoms with Crippen molar-refractivity contribution in [3.8, 4) is 11.1 Å². The molecule has 0 aromatic heterocycles. The van der Waals surface area contributed by atoms with E-state index in [2.05, 4.69) is 208 Å². The topological polar surface area (TPSA) is 180 Å². The monoisotopic (exact) mass is 1450 g/mol. The van der Waals surface area contributed by atoms with Gasteiger partial charge in [0.25, 0.3) is 0 Å². The Morgan fingerprint density at radius 1 is 0.495 bits per heavy atom. The highest BCUT2D eigenvalue weighted by Gasteiger charge is 2.41. The zero-order valence-electron chi connectivity index (χ0n) is 57.6. The molecular formula is C85H88BrN7O6S2. The van der Waals surface area contributed by atoms with Crippen LogP contribution in [0.2, 0.25) is 0 Å². The molecule has 1 atom stereocenters. The first-order valence-electron chi connectivity index (χ1n) is 33.2. The molecule has 14 rings (SSSR count). The number of anilines is 6. The number of quaternary nitrogens is 1. The maximum atomic E-state index is 13.4. The van der Waals surface area contributed by atoms with E-state index >= 15 is 0 Å². The van der Waals surface area contributed by atoms with Crippen molar-refractivity contribution < 1.29 is 27.1 Å². The van der Waals surface area contributed by atoms with Gasteiger partial charge in [0, 0.05) is 111 Å². The Morgan fingerprint density at radius 3 is 1.50 bits per heavy atom. The van der Waals surface area contributed by atoms with Crippen LogP contribution in [0.5, 0.6) is 0 Å². The lowest BCUT2D eigenvalue weighted by molar-refractivity contribution is -0.496. The minimum Gasteiger partial charge on any atom is -0.630 e. The fourth-order valence-electron chi connectivity index (χ4n) is 12.7. The number of nitrogens with one attached hydrogen (secondary N) is 4. The van der Waals surface area contributed by atoms with Crippen molar-refractivity contribution in [2.75, 3.05) is 71.8 Å². The minimum atomic E-state index is -3.27. The number of benzene rings is 12. The maximum absolute atomic E-state index is 13.4. The molecule has 12 aromatic carbocycles. The van der Waals surface area contributed by atoms with Gasteiger partial charge in [0.05, 0.1) is 27.2 Å². The van der Waals surface area contributed by atoms with Crippen LogP contribution >= 0.6 is 15.9 Å². The summed E-state index contributed by atoms with van der Waals surface area (Å²) in [5.41, 5.74) is 17.7. The molecular weight excluding hydrogens is 1360 g/mol. The molecule has 0 saturated heterocycles. The van der Waals surface area contributed by atoms with E-state index in [1.807, 2.05) is 118 Å². The van der Waals surface area contributed by atoms with Crippen LogP contribution in [0.1, 0.15) is 68.0 Å². The van der Waals surface area contributed by atoms with E-state index in [9.17, 15) is 26.8 Å². The highest BCUT2D eigenvalue weighted by Crippen LogP contribution is 2.52. The third kappa shape index (κ3) is 18.7. The van der Waals surface area contributed by atoms with Gasteiger partial charge < -0.3 is 41.8 Å². The average molecular weight is 1450 g/mol. The molecule has 1 aliphatic carbocycles. The number of nitrogens with two attached hydrogens (primary N) is 1. The number of halogens is 1. The first kappa shape index (κ1) is 73.6. The van der Waals surface area contributed by atoms with E-state index < -0.39 is 19.7 Å². The number of rotatable bonds is 16. The Kier molecular flexibility index (Phi) is 23.7. The second kappa shape index (κ2) is 32.5. The van der Waals surface area contributed by atoms with Crippen molar-refractivity contribution in [1.29, 1.82) is 0 Å². The smallest absolute Gasteiger partial charge is 0.175 e. The van der Waals surface area contributed by atoms with E-state index in [-0.39, 0.29) is 29.6 Å². The van der Waals surface area contributed by atoms with Gasteiger partial charge in [0.2, 0.25) is 0 Å². The van der Waals surface area contributed by atoms with E-state index in [1.54, 1.807) is 24.3 Å². The average Bonchev–Trinajstić information content (AvgIpc) is 0.728. The fraction of sp³-hybridized carbons (Fsp3) is 0.188. The predicted molar refractivity (Wildman–Crippen MR) is 427 cm³/mol. The van der Waals surface area contributed by atoms with Gasteiger partial charge in [-0.15, -0.1) is 0 Å². The van der Waals surface area contributed by atoms with Crippen molar-refractivity contribution >= 4 is 119 Å². The summed E-state index contributed by atoms with van der Waals surface area (Å²) in [4.78, 5) is 18.1. The number of ketones is 1. The van der Waals surface area contributed by atoms with E-state index in [1.165, 1.54) is 56.4 Å². The molecule has 518 valence electrons. The number of fused-ring (bicyclic) bond motifs is 6. The van der Waals surface area contributed by atoms with Crippen molar-refractivity contribution in [3.05, 3.63) is 304 Å². The number of nitrogens with zero attached hydrogens (tertiary/aromatic N) is 2. The van der Waals surface area contributed by atoms with Gasteiger partial charge in [-0.25, -0.2) is 16.8 Å². The minimum absolute atomic E-state index is 0. The third-order valence-corrected chi connectivity index (χ3v) is 20.8. The van der Waals surface area contributed by atoms with Crippen LogP contribution in [0.15, 0.2) is 281 Å². The van der Waals surface area contributed by atoms with Crippen LogP contribution in [0.25, 0.3) is 49.0 Å². The Morgan fingerprint density at radius 2 is 0.950 bits per heavy atom. The van der Waals surface area contributed by atoms with Crippen molar-refractivity contribution in [1.82, 2.24) is 0 Å². The fourth-order valence-corrected chi connectivity index (χ4v) is 14.8. The van der Waals surface area contributed by atoms with Crippen LogP contribution in [-0.2, 0) is 44.1 Å². The summed E-state index contributed by atoms with van der Waals surface area (Å²) < 4.78 is 47.7. The highest BCUT2D eigenvalue weighted by molar-refractivity contribution is 9.10. The molecule has 1 heterocycles. The lowest BCUT2D eigenvalue weighted by Crippen LogP contribution is -2.70. The number of carbonyl (C=O) groups is 1. The quantitative estimate of drug-likeness (QED) is 0.0457. The van der Waals surface area contributed by atoms with Crippen LogP contribution in [0, 0.1) is 10.6 Å². The van der Waals surface area contributed by atoms with Gasteiger partial charge in [-0.2, -0.15) is 0 Å². The Balaban J connectivity index is 0.000000146. The number of Topliss-reactive ketones (excluding diaryl/α,β-unsaturated/α-hetero) is 1. The molecule has 1 aliphatic heterocycles. The van der Waals surface area contributed by atoms with Crippen LogP contribution < -0.4 is 36.5 Å². The molecule has 0 radical (unpaired) electrons. The number of hydrogen-bond acceptors (Lipinski definition) is 12.